The third-order valence-electron chi connectivity index (χ3n) is 2.47. The van der Waals surface area contributed by atoms with Gasteiger partial charge < -0.3 is 10.4 Å². The third-order valence-corrected chi connectivity index (χ3v) is 2.47. The van der Waals surface area contributed by atoms with Crippen molar-refractivity contribution in [3.8, 4) is 0 Å². The minimum absolute atomic E-state index is 0.0387. The van der Waals surface area contributed by atoms with Crippen molar-refractivity contribution < 1.29 is 14.7 Å². The molecule has 0 atom stereocenters. The second kappa shape index (κ2) is 6.00. The molecule has 18 heavy (non-hydrogen) atoms. The summed E-state index contributed by atoms with van der Waals surface area (Å²) in [5, 5.41) is 11.4. The van der Waals surface area contributed by atoms with Crippen LogP contribution in [0.1, 0.15) is 25.0 Å². The van der Waals surface area contributed by atoms with Crippen molar-refractivity contribution in [1.29, 1.82) is 0 Å². The van der Waals surface area contributed by atoms with Crippen LogP contribution < -0.4 is 5.32 Å². The van der Waals surface area contributed by atoms with Crippen LogP contribution in [0.3, 0.4) is 0 Å². The standard InChI is InChI=1S/C14H17NO3/c1-9(2)14(18)15-12-6-4-11(10(3)8-12)5-7-13(16)17/h4-9H,1-3H3,(H,15,18)(H,16,17). The first-order valence-corrected chi connectivity index (χ1v) is 5.72. The number of hydrogen-bond donors (Lipinski definition) is 2. The second-order valence-electron chi connectivity index (χ2n) is 4.39. The number of nitrogens with one attached hydrogen (secondary N) is 1. The van der Waals surface area contributed by atoms with Crippen molar-refractivity contribution in [2.75, 3.05) is 5.32 Å². The number of carboxylic acids is 1. The highest BCUT2D eigenvalue weighted by Gasteiger charge is 2.07. The minimum atomic E-state index is -0.980. The highest BCUT2D eigenvalue weighted by Crippen LogP contribution is 2.17. The molecule has 1 aromatic rings. The van der Waals surface area contributed by atoms with E-state index in [0.29, 0.717) is 0 Å². The molecule has 0 radical (unpaired) electrons. The van der Waals surface area contributed by atoms with E-state index in [9.17, 15) is 9.59 Å². The summed E-state index contributed by atoms with van der Waals surface area (Å²) in [6.07, 6.45) is 2.63. The number of amides is 1. The summed E-state index contributed by atoms with van der Waals surface area (Å²) in [5.74, 6) is -1.09. The number of benzene rings is 1. The average molecular weight is 247 g/mol. The lowest BCUT2D eigenvalue weighted by Gasteiger charge is -2.09. The Bertz CT molecular complexity index is 490. The van der Waals surface area contributed by atoms with Crippen LogP contribution in [-0.4, -0.2) is 17.0 Å². The Balaban J connectivity index is 2.86. The largest absolute Gasteiger partial charge is 0.478 e. The zero-order valence-electron chi connectivity index (χ0n) is 10.7. The van der Waals surface area contributed by atoms with Gasteiger partial charge in [-0.3, -0.25) is 4.79 Å². The molecule has 4 heteroatoms. The third kappa shape index (κ3) is 4.05. The zero-order valence-corrected chi connectivity index (χ0v) is 10.7. The lowest BCUT2D eigenvalue weighted by Crippen LogP contribution is -2.17. The SMILES string of the molecule is Cc1cc(NC(=O)C(C)C)ccc1C=CC(=O)O. The summed E-state index contributed by atoms with van der Waals surface area (Å²) in [4.78, 5) is 21.9. The summed E-state index contributed by atoms with van der Waals surface area (Å²) >= 11 is 0. The van der Waals surface area contributed by atoms with Crippen molar-refractivity contribution >= 4 is 23.6 Å². The van der Waals surface area contributed by atoms with Gasteiger partial charge in [-0.05, 0) is 36.3 Å². The quantitative estimate of drug-likeness (QED) is 0.804. The van der Waals surface area contributed by atoms with Gasteiger partial charge >= 0.3 is 5.97 Å². The van der Waals surface area contributed by atoms with Gasteiger partial charge in [-0.15, -0.1) is 0 Å². The first kappa shape index (κ1) is 14.0. The Kier molecular flexibility index (Phi) is 4.66. The summed E-state index contributed by atoms with van der Waals surface area (Å²) in [6, 6.07) is 5.36. The van der Waals surface area contributed by atoms with Gasteiger partial charge in [0.15, 0.2) is 0 Å². The van der Waals surface area contributed by atoms with Crippen LogP contribution in [0.2, 0.25) is 0 Å². The Labute approximate surface area is 106 Å². The molecule has 0 fully saturated rings. The van der Waals surface area contributed by atoms with Crippen LogP contribution in [0, 0.1) is 12.8 Å². The molecule has 2 N–H and O–H groups in total. The Morgan fingerprint density at radius 3 is 2.50 bits per heavy atom. The summed E-state index contributed by atoms with van der Waals surface area (Å²) in [7, 11) is 0. The van der Waals surface area contributed by atoms with Gasteiger partial charge in [0.2, 0.25) is 5.91 Å². The van der Waals surface area contributed by atoms with Gasteiger partial charge in [0.05, 0.1) is 0 Å². The van der Waals surface area contributed by atoms with Crippen LogP contribution in [0.15, 0.2) is 24.3 Å². The molecule has 96 valence electrons. The molecule has 0 unspecified atom stereocenters. The van der Waals surface area contributed by atoms with E-state index < -0.39 is 5.97 Å². The highest BCUT2D eigenvalue weighted by atomic mass is 16.4. The van der Waals surface area contributed by atoms with E-state index in [4.69, 9.17) is 5.11 Å². The lowest BCUT2D eigenvalue weighted by atomic mass is 10.1. The molecule has 0 aliphatic carbocycles. The number of carbonyl (C=O) groups is 2. The van der Waals surface area contributed by atoms with Crippen LogP contribution in [0.5, 0.6) is 0 Å². The topological polar surface area (TPSA) is 66.4 Å². The minimum Gasteiger partial charge on any atom is -0.478 e. The van der Waals surface area contributed by atoms with E-state index in [1.54, 1.807) is 12.1 Å². The smallest absolute Gasteiger partial charge is 0.328 e. The van der Waals surface area contributed by atoms with Gasteiger partial charge in [0.25, 0.3) is 0 Å². The zero-order chi connectivity index (χ0) is 13.7. The summed E-state index contributed by atoms with van der Waals surface area (Å²) < 4.78 is 0. The predicted octanol–water partition coefficient (Wildman–Crippen LogP) is 2.69. The monoisotopic (exact) mass is 247 g/mol. The van der Waals surface area contributed by atoms with E-state index in [1.807, 2.05) is 26.8 Å². The molecular weight excluding hydrogens is 230 g/mol. The molecule has 0 heterocycles. The van der Waals surface area contributed by atoms with Gasteiger partial charge in [-0.25, -0.2) is 4.79 Å². The number of carboxylic acid groups (broad SMARTS) is 1. The van der Waals surface area contributed by atoms with Crippen molar-refractivity contribution in [2.24, 2.45) is 5.92 Å². The molecule has 0 aromatic heterocycles. The first-order valence-electron chi connectivity index (χ1n) is 5.72. The first-order chi connectivity index (χ1) is 8.40. The van der Waals surface area contributed by atoms with Gasteiger partial charge in [-0.1, -0.05) is 19.9 Å². The maximum Gasteiger partial charge on any atom is 0.328 e. The fourth-order valence-corrected chi connectivity index (χ4v) is 1.39. The van der Waals surface area contributed by atoms with Crippen LogP contribution in [-0.2, 0) is 9.59 Å². The molecular formula is C14H17NO3. The predicted molar refractivity (Wildman–Crippen MR) is 71.3 cm³/mol. The van der Waals surface area contributed by atoms with E-state index >= 15 is 0 Å². The summed E-state index contributed by atoms with van der Waals surface area (Å²) in [6.45, 7) is 5.52. The molecule has 4 nitrogen and oxygen atoms in total. The number of aryl methyl sites for hydroxylation is 1. The highest BCUT2D eigenvalue weighted by molar-refractivity contribution is 5.92. The van der Waals surface area contributed by atoms with E-state index in [2.05, 4.69) is 5.32 Å². The van der Waals surface area contributed by atoms with E-state index in [1.165, 1.54) is 6.08 Å². The number of rotatable bonds is 4. The molecule has 0 bridgehead atoms. The molecule has 0 spiro atoms. The van der Waals surface area contributed by atoms with E-state index in [0.717, 1.165) is 22.9 Å². The Morgan fingerprint density at radius 2 is 2.00 bits per heavy atom. The second-order valence-corrected chi connectivity index (χ2v) is 4.39. The lowest BCUT2D eigenvalue weighted by molar-refractivity contribution is -0.131. The normalized spacial score (nSPS) is 10.9. The van der Waals surface area contributed by atoms with Crippen molar-refractivity contribution in [2.45, 2.75) is 20.8 Å². The molecule has 1 amide bonds. The molecule has 1 aromatic carbocycles. The maximum absolute atomic E-state index is 11.5. The Hall–Kier alpha value is -2.10. The van der Waals surface area contributed by atoms with Gasteiger partial charge in [0, 0.05) is 17.7 Å². The Morgan fingerprint density at radius 1 is 1.33 bits per heavy atom. The number of carbonyl (C=O) groups excluding carboxylic acids is 1. The van der Waals surface area contributed by atoms with Crippen molar-refractivity contribution in [1.82, 2.24) is 0 Å². The molecule has 0 aliphatic heterocycles. The summed E-state index contributed by atoms with van der Waals surface area (Å²) in [5.41, 5.74) is 2.45. The number of hydrogen-bond acceptors (Lipinski definition) is 2. The number of aliphatic carboxylic acids is 1. The van der Waals surface area contributed by atoms with E-state index in [-0.39, 0.29) is 11.8 Å². The maximum atomic E-state index is 11.5. The van der Waals surface area contributed by atoms with Crippen LogP contribution in [0.25, 0.3) is 6.08 Å². The molecule has 0 saturated carbocycles. The van der Waals surface area contributed by atoms with Gasteiger partial charge in [-0.2, -0.15) is 0 Å². The number of anilines is 1. The molecule has 0 saturated heterocycles. The van der Waals surface area contributed by atoms with Crippen LogP contribution in [0.4, 0.5) is 5.69 Å². The fourth-order valence-electron chi connectivity index (χ4n) is 1.39. The molecule has 0 aliphatic rings. The van der Waals surface area contributed by atoms with Crippen molar-refractivity contribution in [3.05, 3.63) is 35.4 Å². The van der Waals surface area contributed by atoms with Gasteiger partial charge in [0.1, 0.15) is 0 Å². The average Bonchev–Trinajstić information content (AvgIpc) is 2.27. The fraction of sp³-hybridized carbons (Fsp3) is 0.286. The molecule has 1 rings (SSSR count). The van der Waals surface area contributed by atoms with Crippen LogP contribution >= 0.6 is 0 Å². The van der Waals surface area contributed by atoms with Crippen molar-refractivity contribution in [3.63, 3.8) is 0 Å².